The Morgan fingerprint density at radius 1 is 0.548 bits per heavy atom. The van der Waals surface area contributed by atoms with Crippen molar-refractivity contribution in [3.05, 3.63) is 187 Å². The van der Waals surface area contributed by atoms with E-state index in [1.165, 1.54) is 22.3 Å². The molecule has 62 heavy (non-hydrogen) atoms. The number of hydrogen-bond acceptors (Lipinski definition) is 2. The maximum Gasteiger partial charge on any atom is 0.267 e. The summed E-state index contributed by atoms with van der Waals surface area (Å²) in [4.78, 5) is 4.88. The van der Waals surface area contributed by atoms with Crippen LogP contribution in [0.3, 0.4) is 0 Å². The van der Waals surface area contributed by atoms with Gasteiger partial charge in [0, 0.05) is 50.5 Å². The van der Waals surface area contributed by atoms with Gasteiger partial charge in [0.1, 0.15) is 5.82 Å². The Labute approximate surface area is 381 Å². The fourth-order valence-corrected chi connectivity index (χ4v) is 7.99. The topological polar surface area (TPSA) is 35.9 Å². The zero-order valence-corrected chi connectivity index (χ0v) is 39.2. The normalized spacial score (nSPS) is 12.1. The minimum Gasteiger partial charge on any atom is -0.510 e. The van der Waals surface area contributed by atoms with E-state index < -0.39 is 0 Å². The van der Waals surface area contributed by atoms with Gasteiger partial charge in [-0.1, -0.05) is 153 Å². The van der Waals surface area contributed by atoms with Gasteiger partial charge in [0.15, 0.2) is 0 Å². The zero-order chi connectivity index (χ0) is 42.7. The predicted molar refractivity (Wildman–Crippen MR) is 249 cm³/mol. The molecule has 6 aromatic carbocycles. The van der Waals surface area contributed by atoms with Crippen LogP contribution in [0.2, 0.25) is 0 Å². The van der Waals surface area contributed by atoms with E-state index in [1.54, 1.807) is 0 Å². The molecule has 0 radical (unpaired) electrons. The standard InChI is InChI=1S/C56H52N4O.Pt/c1-54(2,3)42-26-27-57-53(33-42)60-50-23-17-16-22-48(50)49-25-24-46(35-51(49)60)61-47-31-41(39-20-14-11-15-21-39)30-45(34-47)59-37-58(36-52(59)56(7,8)9)44-29-40(38-18-12-10-13-19-38)28-43(32-44)55(4,5)6;/h10-33,36H,1-9H3;/q-2;. The molecule has 0 aliphatic rings. The fraction of sp³-hybridized carbons (Fsp3) is 0.214. The molecule has 0 aliphatic carbocycles. The molecule has 3 aromatic heterocycles. The van der Waals surface area contributed by atoms with Crippen LogP contribution in [0.25, 0.3) is 61.3 Å². The molecule has 9 aromatic rings. The third kappa shape index (κ3) is 8.44. The molecule has 0 unspecified atom stereocenters. The number of benzene rings is 6. The summed E-state index contributed by atoms with van der Waals surface area (Å²) in [5.41, 5.74) is 11.5. The monoisotopic (exact) mass is 991 g/mol. The van der Waals surface area contributed by atoms with Gasteiger partial charge < -0.3 is 13.9 Å². The minimum atomic E-state index is -0.228. The molecule has 6 heteroatoms. The first-order valence-corrected chi connectivity index (χ1v) is 21.1. The molecule has 0 spiro atoms. The van der Waals surface area contributed by atoms with Crippen LogP contribution in [0.15, 0.2) is 152 Å². The van der Waals surface area contributed by atoms with Gasteiger partial charge in [0.25, 0.3) is 6.33 Å². The summed E-state index contributed by atoms with van der Waals surface area (Å²) in [6.45, 7) is 20.2. The van der Waals surface area contributed by atoms with E-state index in [9.17, 15) is 0 Å². The molecule has 0 N–H and O–H groups in total. The molecule has 0 saturated heterocycles. The number of nitrogens with zero attached hydrogens (tertiary/aromatic N) is 4. The smallest absolute Gasteiger partial charge is 0.267 e. The van der Waals surface area contributed by atoms with Crippen molar-refractivity contribution in [2.24, 2.45) is 0 Å². The molecule has 0 atom stereocenters. The molecule has 0 aliphatic heterocycles. The van der Waals surface area contributed by atoms with Crippen LogP contribution in [0.4, 0.5) is 0 Å². The van der Waals surface area contributed by atoms with Crippen LogP contribution in [-0.2, 0) is 37.3 Å². The number of fused-ring (bicyclic) bond motifs is 3. The van der Waals surface area contributed by atoms with E-state index in [-0.39, 0.29) is 37.3 Å². The molecule has 3 heterocycles. The summed E-state index contributed by atoms with van der Waals surface area (Å²) in [5, 5.41) is 2.22. The number of aromatic nitrogens is 4. The molecular weight excluding hydrogens is 940 g/mol. The van der Waals surface area contributed by atoms with Gasteiger partial charge in [0.05, 0.1) is 11.4 Å². The van der Waals surface area contributed by atoms with Crippen LogP contribution < -0.4 is 9.30 Å². The van der Waals surface area contributed by atoms with Gasteiger partial charge in [0.2, 0.25) is 0 Å². The van der Waals surface area contributed by atoms with Gasteiger partial charge in [-0.15, -0.1) is 35.2 Å². The number of pyridine rings is 1. The van der Waals surface area contributed by atoms with Crippen molar-refractivity contribution in [2.75, 3.05) is 0 Å². The number of ether oxygens (including phenoxy) is 1. The summed E-state index contributed by atoms with van der Waals surface area (Å²) in [7, 11) is 0. The average molecular weight is 992 g/mol. The minimum absolute atomic E-state index is 0. The first kappa shape index (κ1) is 42.7. The number of imidazole rings is 1. The third-order valence-electron chi connectivity index (χ3n) is 11.4. The fourth-order valence-electron chi connectivity index (χ4n) is 7.99. The Hall–Kier alpha value is -6.03. The number of para-hydroxylation sites is 1. The van der Waals surface area contributed by atoms with E-state index in [2.05, 4.69) is 228 Å². The van der Waals surface area contributed by atoms with Crippen LogP contribution >= 0.6 is 0 Å². The largest absolute Gasteiger partial charge is 0.510 e. The van der Waals surface area contributed by atoms with Gasteiger partial charge in [-0.25, -0.2) is 4.98 Å². The molecule has 5 nitrogen and oxygen atoms in total. The second-order valence-corrected chi connectivity index (χ2v) is 19.1. The van der Waals surface area contributed by atoms with Gasteiger partial charge in [-0.3, -0.25) is 4.57 Å². The van der Waals surface area contributed by atoms with Crippen molar-refractivity contribution in [2.45, 2.75) is 78.6 Å². The van der Waals surface area contributed by atoms with Crippen molar-refractivity contribution in [1.82, 2.24) is 14.1 Å². The molecule has 0 amide bonds. The molecule has 314 valence electrons. The maximum absolute atomic E-state index is 6.83. The van der Waals surface area contributed by atoms with Crippen LogP contribution in [0, 0.1) is 18.5 Å². The summed E-state index contributed by atoms with van der Waals surface area (Å²) < 4.78 is 13.3. The maximum atomic E-state index is 6.83. The van der Waals surface area contributed by atoms with Gasteiger partial charge in [-0.05, 0) is 85.5 Å². The Balaban J connectivity index is 0.00000529. The van der Waals surface area contributed by atoms with Crippen molar-refractivity contribution < 1.29 is 30.4 Å². The van der Waals surface area contributed by atoms with Gasteiger partial charge in [-0.2, -0.15) is 12.1 Å². The Kier molecular flexibility index (Phi) is 11.2. The summed E-state index contributed by atoms with van der Waals surface area (Å²) in [6, 6.07) is 56.4. The van der Waals surface area contributed by atoms with Crippen molar-refractivity contribution >= 4 is 21.8 Å². The second kappa shape index (κ2) is 16.3. The second-order valence-electron chi connectivity index (χ2n) is 19.1. The average Bonchev–Trinajstić information content (AvgIpc) is 3.85. The summed E-state index contributed by atoms with van der Waals surface area (Å²) >= 11 is 0. The zero-order valence-electron chi connectivity index (χ0n) is 36.9. The first-order chi connectivity index (χ1) is 29.1. The molecule has 0 fully saturated rings. The van der Waals surface area contributed by atoms with Crippen LogP contribution in [-0.4, -0.2) is 14.1 Å². The summed E-state index contributed by atoms with van der Waals surface area (Å²) in [5.74, 6) is 2.02. The SMILES string of the molecule is CC(C)(C)c1cc(-c2ccccc2)cc(-[n+]2[c-]n(-c3[c-]c(Oc4[c-]c5c(cc4)c4ccccc4n5-c4cc(C(C)(C)C)ccn4)cc(-c4ccccc4)c3)c(C(C)(C)C)c2)c1.[Pt]. The molecule has 0 saturated carbocycles. The third-order valence-corrected chi connectivity index (χ3v) is 11.4. The van der Waals surface area contributed by atoms with Crippen molar-refractivity contribution in [3.63, 3.8) is 0 Å². The first-order valence-electron chi connectivity index (χ1n) is 21.1. The van der Waals surface area contributed by atoms with Crippen LogP contribution in [0.1, 0.15) is 79.1 Å². The molecular formula is C56H52N4OPt-2. The van der Waals surface area contributed by atoms with E-state index in [0.29, 0.717) is 11.5 Å². The number of rotatable bonds is 7. The predicted octanol–water partition coefficient (Wildman–Crippen LogP) is 13.7. The quantitative estimate of drug-likeness (QED) is 0.118. The van der Waals surface area contributed by atoms with Gasteiger partial charge >= 0.3 is 0 Å². The Morgan fingerprint density at radius 3 is 1.85 bits per heavy atom. The van der Waals surface area contributed by atoms with Crippen LogP contribution in [0.5, 0.6) is 11.5 Å². The van der Waals surface area contributed by atoms with Crippen molar-refractivity contribution in [3.8, 4) is 50.9 Å². The van der Waals surface area contributed by atoms with Crippen molar-refractivity contribution in [1.29, 1.82) is 0 Å². The van der Waals surface area contributed by atoms with E-state index >= 15 is 0 Å². The molecule has 9 rings (SSSR count). The summed E-state index contributed by atoms with van der Waals surface area (Å²) in [6.07, 6.45) is 7.87. The van der Waals surface area contributed by atoms with E-state index in [1.807, 2.05) is 18.3 Å². The Morgan fingerprint density at radius 2 is 1.19 bits per heavy atom. The van der Waals surface area contributed by atoms with E-state index in [0.717, 1.165) is 55.8 Å². The Bertz CT molecular complexity index is 3050. The number of hydrogen-bond donors (Lipinski definition) is 0. The molecule has 0 bridgehead atoms. The van der Waals surface area contributed by atoms with E-state index in [4.69, 9.17) is 9.72 Å².